The van der Waals surface area contributed by atoms with Crippen LogP contribution >= 0.6 is 11.8 Å². The summed E-state index contributed by atoms with van der Waals surface area (Å²) >= 11 is 1.69. The number of methoxy groups -OCH3 is 1. The summed E-state index contributed by atoms with van der Waals surface area (Å²) in [6.45, 7) is 8.57. The second-order valence-corrected chi connectivity index (χ2v) is 12.7. The number of likely N-dealkylation sites (tertiary alicyclic amines) is 1. The van der Waals surface area contributed by atoms with Crippen LogP contribution in [0.4, 0.5) is 23.7 Å². The van der Waals surface area contributed by atoms with E-state index in [0.29, 0.717) is 68.4 Å². The van der Waals surface area contributed by atoms with Crippen LogP contribution in [0.25, 0.3) is 10.9 Å². The van der Waals surface area contributed by atoms with Gasteiger partial charge in [-0.15, -0.1) is 11.8 Å². The number of rotatable bonds is 4. The van der Waals surface area contributed by atoms with Crippen LogP contribution in [0.3, 0.4) is 0 Å². The lowest BCUT2D eigenvalue weighted by atomic mass is 10.1. The van der Waals surface area contributed by atoms with Crippen LogP contribution in [0, 0.1) is 0 Å². The van der Waals surface area contributed by atoms with Crippen molar-refractivity contribution in [2.75, 3.05) is 62.9 Å². The van der Waals surface area contributed by atoms with Crippen molar-refractivity contribution in [1.82, 2.24) is 19.7 Å². The van der Waals surface area contributed by atoms with E-state index in [1.54, 1.807) is 54.5 Å². The number of hydrogen-bond acceptors (Lipinski definition) is 8. The number of thioether (sulfide) groups is 1. The molecular formula is C28H36F3N5O4S. The number of alkyl halides is 3. The standard InChI is InChI=1S/C28H36F3N5O4S/c1-27(2,3)40-26(38)36-16-18(13-23(36)25(37)35-11-12-41-17-35)33-7-9-34(10-8-33)22-15-24(28(29,30)31)32-21-14-19(39-4)5-6-20(21)22/h5-6,14-15,18,23H,7-13,16-17H2,1-4H3/t18-,23-/m0/s1. The van der Waals surface area contributed by atoms with Gasteiger partial charge in [-0.3, -0.25) is 14.6 Å². The lowest BCUT2D eigenvalue weighted by molar-refractivity contribution is -0.141. The van der Waals surface area contributed by atoms with Crippen molar-refractivity contribution < 1.29 is 32.2 Å². The van der Waals surface area contributed by atoms with Crippen LogP contribution in [0.2, 0.25) is 0 Å². The topological polar surface area (TPSA) is 78.5 Å². The molecule has 0 saturated carbocycles. The van der Waals surface area contributed by atoms with Crippen molar-refractivity contribution in [2.45, 2.75) is 51.1 Å². The fraction of sp³-hybridized carbons (Fsp3) is 0.607. The SMILES string of the molecule is COc1ccc2c(N3CCN([C@H]4C[C@@H](C(=O)N5CCSC5)N(C(=O)OC(C)(C)C)C4)CC3)cc(C(F)(F)F)nc2c1. The number of aromatic nitrogens is 1. The number of pyridine rings is 1. The first kappa shape index (κ1) is 29.6. The fourth-order valence-electron chi connectivity index (χ4n) is 5.69. The van der Waals surface area contributed by atoms with E-state index in [4.69, 9.17) is 9.47 Å². The Hall–Kier alpha value is -2.93. The first-order chi connectivity index (χ1) is 19.3. The van der Waals surface area contributed by atoms with Crippen molar-refractivity contribution in [3.8, 4) is 5.75 Å². The van der Waals surface area contributed by atoms with E-state index in [0.717, 1.165) is 11.8 Å². The molecule has 41 heavy (non-hydrogen) atoms. The average molecular weight is 596 g/mol. The number of halogens is 3. The molecule has 1 aromatic carbocycles. The van der Waals surface area contributed by atoms with Crippen molar-refractivity contribution >= 4 is 40.4 Å². The summed E-state index contributed by atoms with van der Waals surface area (Å²) in [5.74, 6) is 1.88. The number of carbonyl (C=O) groups is 2. The quantitative estimate of drug-likeness (QED) is 0.518. The predicted octanol–water partition coefficient (Wildman–Crippen LogP) is 4.30. The zero-order chi connectivity index (χ0) is 29.5. The Morgan fingerprint density at radius 3 is 2.39 bits per heavy atom. The highest BCUT2D eigenvalue weighted by Gasteiger charge is 2.45. The van der Waals surface area contributed by atoms with E-state index in [2.05, 4.69) is 9.88 Å². The molecule has 3 fully saturated rings. The average Bonchev–Trinajstić information content (AvgIpc) is 3.61. The molecule has 0 bridgehead atoms. The summed E-state index contributed by atoms with van der Waals surface area (Å²) in [6, 6.07) is 5.44. The molecule has 1 aromatic heterocycles. The minimum absolute atomic E-state index is 0.0552. The molecule has 3 aliphatic rings. The Labute approximate surface area is 241 Å². The molecule has 0 radical (unpaired) electrons. The van der Waals surface area contributed by atoms with Gasteiger partial charge in [0.1, 0.15) is 23.1 Å². The molecule has 13 heteroatoms. The summed E-state index contributed by atoms with van der Waals surface area (Å²) in [5.41, 5.74) is -0.932. The second-order valence-electron chi connectivity index (χ2n) is 11.6. The van der Waals surface area contributed by atoms with Crippen LogP contribution in [0.5, 0.6) is 5.75 Å². The van der Waals surface area contributed by atoms with Gasteiger partial charge in [-0.1, -0.05) is 0 Å². The number of amides is 2. The van der Waals surface area contributed by atoms with E-state index >= 15 is 0 Å². The third-order valence-corrected chi connectivity index (χ3v) is 8.68. The van der Waals surface area contributed by atoms with Gasteiger partial charge in [-0.05, 0) is 45.4 Å². The maximum atomic E-state index is 13.7. The normalized spacial score (nSPS) is 22.5. The van der Waals surface area contributed by atoms with Gasteiger partial charge < -0.3 is 19.3 Å². The summed E-state index contributed by atoms with van der Waals surface area (Å²) in [7, 11) is 1.46. The highest BCUT2D eigenvalue weighted by atomic mass is 32.2. The van der Waals surface area contributed by atoms with Crippen LogP contribution in [-0.4, -0.2) is 107 Å². The number of ether oxygens (including phenoxy) is 2. The maximum absolute atomic E-state index is 13.7. The minimum Gasteiger partial charge on any atom is -0.497 e. The summed E-state index contributed by atoms with van der Waals surface area (Å²) in [6.07, 6.45) is -4.59. The zero-order valence-electron chi connectivity index (χ0n) is 23.7. The Bertz CT molecular complexity index is 1290. The zero-order valence-corrected chi connectivity index (χ0v) is 24.6. The van der Waals surface area contributed by atoms with Crippen molar-refractivity contribution in [3.63, 3.8) is 0 Å². The number of nitrogens with zero attached hydrogens (tertiary/aromatic N) is 5. The number of hydrogen-bond donors (Lipinski definition) is 0. The molecule has 224 valence electrons. The van der Waals surface area contributed by atoms with Gasteiger partial charge >= 0.3 is 12.3 Å². The van der Waals surface area contributed by atoms with Crippen LogP contribution in [-0.2, 0) is 15.7 Å². The Kier molecular flexibility index (Phi) is 8.21. The minimum atomic E-state index is -4.59. The lowest BCUT2D eigenvalue weighted by Gasteiger charge is -2.39. The monoisotopic (exact) mass is 595 g/mol. The molecule has 3 aliphatic heterocycles. The Morgan fingerprint density at radius 1 is 1.05 bits per heavy atom. The van der Waals surface area contributed by atoms with Gasteiger partial charge in [0.05, 0.1) is 18.5 Å². The Balaban J connectivity index is 1.33. The number of piperazine rings is 1. The van der Waals surface area contributed by atoms with Crippen molar-refractivity contribution in [1.29, 1.82) is 0 Å². The third-order valence-electron chi connectivity index (χ3n) is 7.71. The van der Waals surface area contributed by atoms with Crippen LogP contribution < -0.4 is 9.64 Å². The van der Waals surface area contributed by atoms with Gasteiger partial charge in [0.2, 0.25) is 5.91 Å². The molecule has 0 unspecified atom stereocenters. The van der Waals surface area contributed by atoms with Gasteiger partial charge in [0.15, 0.2) is 0 Å². The molecule has 2 aromatic rings. The van der Waals surface area contributed by atoms with E-state index in [1.165, 1.54) is 13.2 Å². The first-order valence-electron chi connectivity index (χ1n) is 13.7. The highest BCUT2D eigenvalue weighted by molar-refractivity contribution is 7.99. The van der Waals surface area contributed by atoms with Gasteiger partial charge in [-0.2, -0.15) is 13.2 Å². The fourth-order valence-corrected chi connectivity index (χ4v) is 6.64. The molecule has 3 saturated heterocycles. The largest absolute Gasteiger partial charge is 0.497 e. The molecular weight excluding hydrogens is 559 g/mol. The van der Waals surface area contributed by atoms with Crippen molar-refractivity contribution in [3.05, 3.63) is 30.0 Å². The van der Waals surface area contributed by atoms with E-state index in [-0.39, 0.29) is 17.5 Å². The van der Waals surface area contributed by atoms with Crippen molar-refractivity contribution in [2.24, 2.45) is 0 Å². The number of benzene rings is 1. The predicted molar refractivity (Wildman–Crippen MR) is 151 cm³/mol. The molecule has 5 rings (SSSR count). The second kappa shape index (κ2) is 11.4. The maximum Gasteiger partial charge on any atom is 0.433 e. The highest BCUT2D eigenvalue weighted by Crippen LogP contribution is 2.37. The van der Waals surface area contributed by atoms with Crippen LogP contribution in [0.15, 0.2) is 24.3 Å². The number of carbonyl (C=O) groups excluding carboxylic acids is 2. The van der Waals surface area contributed by atoms with Gasteiger partial charge in [-0.25, -0.2) is 9.78 Å². The Morgan fingerprint density at radius 2 is 1.78 bits per heavy atom. The van der Waals surface area contributed by atoms with E-state index in [9.17, 15) is 22.8 Å². The molecule has 2 atom stereocenters. The molecule has 2 amide bonds. The summed E-state index contributed by atoms with van der Waals surface area (Å²) in [4.78, 5) is 38.0. The molecule has 0 spiro atoms. The molecule has 0 aliphatic carbocycles. The van der Waals surface area contributed by atoms with E-state index < -0.39 is 29.6 Å². The molecule has 4 heterocycles. The van der Waals surface area contributed by atoms with Gasteiger partial charge in [0.25, 0.3) is 0 Å². The lowest BCUT2D eigenvalue weighted by Crippen LogP contribution is -2.51. The third kappa shape index (κ3) is 6.45. The first-order valence-corrected chi connectivity index (χ1v) is 14.9. The number of anilines is 1. The van der Waals surface area contributed by atoms with Gasteiger partial charge in [0, 0.05) is 68.2 Å². The van der Waals surface area contributed by atoms with Crippen LogP contribution in [0.1, 0.15) is 32.9 Å². The smallest absolute Gasteiger partial charge is 0.433 e. The number of fused-ring (bicyclic) bond motifs is 1. The summed E-state index contributed by atoms with van der Waals surface area (Å²) in [5, 5.41) is 0.623. The van der Waals surface area contributed by atoms with E-state index in [1.807, 2.05) is 4.90 Å². The summed E-state index contributed by atoms with van der Waals surface area (Å²) < 4.78 is 52.1. The molecule has 0 N–H and O–H groups in total. The molecule has 9 nitrogen and oxygen atoms in total.